The van der Waals surface area contributed by atoms with Gasteiger partial charge in [-0.25, -0.2) is 4.39 Å². The Morgan fingerprint density at radius 1 is 1.38 bits per heavy atom. The number of thioether (sulfide) groups is 1. The van der Waals surface area contributed by atoms with Crippen molar-refractivity contribution in [2.75, 3.05) is 22.6 Å². The molecule has 0 radical (unpaired) electrons. The maximum atomic E-state index is 13.2. The van der Waals surface area contributed by atoms with Crippen LogP contribution in [0.3, 0.4) is 0 Å². The minimum absolute atomic E-state index is 0.234. The molecule has 0 atom stereocenters. The van der Waals surface area contributed by atoms with Crippen LogP contribution in [-0.4, -0.2) is 17.5 Å². The van der Waals surface area contributed by atoms with E-state index in [0.29, 0.717) is 17.3 Å². The van der Waals surface area contributed by atoms with Crippen molar-refractivity contribution in [2.45, 2.75) is 25.8 Å². The topological polar surface area (TPSA) is 38.0 Å². The molecule has 1 saturated heterocycles. The molecule has 1 heterocycles. The quantitative estimate of drug-likeness (QED) is 0.780. The molecule has 0 amide bonds. The molecule has 2 rings (SSSR count). The van der Waals surface area contributed by atoms with Gasteiger partial charge in [-0.15, -0.1) is 0 Å². The summed E-state index contributed by atoms with van der Waals surface area (Å²) >= 11 is 1.99. The first kappa shape index (κ1) is 11.6. The number of halogens is 1. The van der Waals surface area contributed by atoms with Crippen molar-refractivity contribution in [3.8, 4) is 0 Å². The Kier molecular flexibility index (Phi) is 3.59. The van der Waals surface area contributed by atoms with Gasteiger partial charge in [-0.3, -0.25) is 0 Å². The number of nitrogens with one attached hydrogen (secondary N) is 1. The van der Waals surface area contributed by atoms with Gasteiger partial charge in [0.25, 0.3) is 0 Å². The van der Waals surface area contributed by atoms with E-state index < -0.39 is 0 Å². The second kappa shape index (κ2) is 4.95. The molecule has 1 fully saturated rings. The fraction of sp³-hybridized carbons (Fsp3) is 0.500. The molecular formula is C12H17FN2S. The Morgan fingerprint density at radius 2 is 2.06 bits per heavy atom. The second-order valence-corrected chi connectivity index (χ2v) is 5.44. The zero-order valence-corrected chi connectivity index (χ0v) is 10.2. The van der Waals surface area contributed by atoms with Crippen LogP contribution in [0.2, 0.25) is 0 Å². The van der Waals surface area contributed by atoms with Crippen molar-refractivity contribution in [1.29, 1.82) is 0 Å². The number of nitrogen functional groups attached to an aromatic ring is 1. The lowest BCUT2D eigenvalue weighted by Crippen LogP contribution is -2.25. The average Bonchev–Trinajstić information content (AvgIpc) is 2.27. The van der Waals surface area contributed by atoms with E-state index >= 15 is 0 Å². The lowest BCUT2D eigenvalue weighted by Gasteiger charge is -2.24. The van der Waals surface area contributed by atoms with Gasteiger partial charge in [-0.05, 0) is 49.0 Å². The Balaban J connectivity index is 2.11. The molecule has 3 N–H and O–H groups in total. The molecule has 1 aromatic rings. The highest BCUT2D eigenvalue weighted by molar-refractivity contribution is 7.99. The predicted octanol–water partition coefficient (Wildman–Crippen LogP) is 3.02. The van der Waals surface area contributed by atoms with E-state index in [0.717, 1.165) is 18.5 Å². The molecule has 0 saturated carbocycles. The number of rotatable bonds is 2. The molecule has 1 aliphatic rings. The molecular weight excluding hydrogens is 223 g/mol. The first-order valence-corrected chi connectivity index (χ1v) is 6.72. The van der Waals surface area contributed by atoms with Gasteiger partial charge in [0.1, 0.15) is 5.82 Å². The molecule has 16 heavy (non-hydrogen) atoms. The van der Waals surface area contributed by atoms with E-state index in [-0.39, 0.29) is 5.82 Å². The largest absolute Gasteiger partial charge is 0.397 e. The number of nitrogens with two attached hydrogens (primary N) is 1. The van der Waals surface area contributed by atoms with Crippen LogP contribution < -0.4 is 11.1 Å². The molecule has 0 aromatic heterocycles. The van der Waals surface area contributed by atoms with Crippen LogP contribution >= 0.6 is 11.8 Å². The summed E-state index contributed by atoms with van der Waals surface area (Å²) in [6.45, 7) is 1.76. The molecule has 4 heteroatoms. The maximum Gasteiger partial charge on any atom is 0.128 e. The fourth-order valence-electron chi connectivity index (χ4n) is 1.88. The van der Waals surface area contributed by atoms with Gasteiger partial charge in [-0.2, -0.15) is 11.8 Å². The van der Waals surface area contributed by atoms with Crippen LogP contribution in [0, 0.1) is 12.7 Å². The minimum atomic E-state index is -0.234. The van der Waals surface area contributed by atoms with Crippen LogP contribution in [-0.2, 0) is 0 Å². The van der Waals surface area contributed by atoms with Crippen LogP contribution in [0.5, 0.6) is 0 Å². The lowest BCUT2D eigenvalue weighted by atomic mass is 10.1. The first-order chi connectivity index (χ1) is 7.66. The standard InChI is InChI=1S/C12H17FN2S/c1-8-6-12(11(14)7-10(8)13)15-9-2-4-16-5-3-9/h6-7,9,15H,2-5,14H2,1H3. The zero-order chi connectivity index (χ0) is 11.5. The van der Waals surface area contributed by atoms with Crippen molar-refractivity contribution in [1.82, 2.24) is 0 Å². The summed E-state index contributed by atoms with van der Waals surface area (Å²) in [5.41, 5.74) is 7.81. The summed E-state index contributed by atoms with van der Waals surface area (Å²) in [7, 11) is 0. The molecule has 0 aliphatic carbocycles. The molecule has 2 nitrogen and oxygen atoms in total. The summed E-state index contributed by atoms with van der Waals surface area (Å²) in [5.74, 6) is 2.15. The van der Waals surface area contributed by atoms with Gasteiger partial charge in [0.2, 0.25) is 0 Å². The lowest BCUT2D eigenvalue weighted by molar-refractivity contribution is 0.618. The molecule has 88 valence electrons. The monoisotopic (exact) mass is 240 g/mol. The summed E-state index contributed by atoms with van der Waals surface area (Å²) in [5, 5.41) is 3.41. The van der Waals surface area contributed by atoms with Crippen molar-refractivity contribution < 1.29 is 4.39 Å². The van der Waals surface area contributed by atoms with E-state index in [1.807, 2.05) is 11.8 Å². The highest BCUT2D eigenvalue weighted by Gasteiger charge is 2.15. The average molecular weight is 240 g/mol. The number of anilines is 2. The number of benzene rings is 1. The van der Waals surface area contributed by atoms with E-state index in [1.165, 1.54) is 17.6 Å². The van der Waals surface area contributed by atoms with E-state index in [4.69, 9.17) is 5.73 Å². The van der Waals surface area contributed by atoms with Gasteiger partial charge in [0.05, 0.1) is 11.4 Å². The van der Waals surface area contributed by atoms with Crippen LogP contribution in [0.1, 0.15) is 18.4 Å². The highest BCUT2D eigenvalue weighted by Crippen LogP contribution is 2.26. The minimum Gasteiger partial charge on any atom is -0.397 e. The second-order valence-electron chi connectivity index (χ2n) is 4.22. The normalized spacial score (nSPS) is 17.4. The Morgan fingerprint density at radius 3 is 2.75 bits per heavy atom. The van der Waals surface area contributed by atoms with Crippen LogP contribution in [0.25, 0.3) is 0 Å². The van der Waals surface area contributed by atoms with Crippen LogP contribution in [0.15, 0.2) is 12.1 Å². The van der Waals surface area contributed by atoms with Gasteiger partial charge in [0.15, 0.2) is 0 Å². The fourth-order valence-corrected chi connectivity index (χ4v) is 2.99. The van der Waals surface area contributed by atoms with E-state index in [2.05, 4.69) is 5.32 Å². The third-order valence-electron chi connectivity index (χ3n) is 2.91. The van der Waals surface area contributed by atoms with Crippen LogP contribution in [0.4, 0.5) is 15.8 Å². The molecule has 1 aromatic carbocycles. The SMILES string of the molecule is Cc1cc(NC2CCSCC2)c(N)cc1F. The number of hydrogen-bond donors (Lipinski definition) is 2. The first-order valence-electron chi connectivity index (χ1n) is 5.56. The van der Waals surface area contributed by atoms with Crippen molar-refractivity contribution in [3.63, 3.8) is 0 Å². The number of hydrogen-bond acceptors (Lipinski definition) is 3. The number of aryl methyl sites for hydroxylation is 1. The summed E-state index contributed by atoms with van der Waals surface area (Å²) < 4.78 is 13.2. The van der Waals surface area contributed by atoms with Gasteiger partial charge in [-0.1, -0.05) is 0 Å². The highest BCUT2D eigenvalue weighted by atomic mass is 32.2. The molecule has 0 unspecified atom stereocenters. The molecule has 0 spiro atoms. The van der Waals surface area contributed by atoms with Gasteiger partial charge in [0, 0.05) is 6.04 Å². The Hall–Kier alpha value is -0.900. The zero-order valence-electron chi connectivity index (χ0n) is 9.42. The van der Waals surface area contributed by atoms with E-state index in [1.54, 1.807) is 13.0 Å². The molecule has 1 aliphatic heterocycles. The van der Waals surface area contributed by atoms with E-state index in [9.17, 15) is 4.39 Å². The smallest absolute Gasteiger partial charge is 0.128 e. The van der Waals surface area contributed by atoms with Crippen molar-refractivity contribution in [2.24, 2.45) is 0 Å². The Bertz CT molecular complexity index is 376. The van der Waals surface area contributed by atoms with Gasteiger partial charge >= 0.3 is 0 Å². The summed E-state index contributed by atoms with van der Waals surface area (Å²) in [4.78, 5) is 0. The summed E-state index contributed by atoms with van der Waals surface area (Å²) in [6.07, 6.45) is 2.31. The third-order valence-corrected chi connectivity index (χ3v) is 3.96. The Labute approximate surface area is 99.8 Å². The maximum absolute atomic E-state index is 13.2. The molecule has 0 bridgehead atoms. The predicted molar refractivity (Wildman–Crippen MR) is 69.5 cm³/mol. The van der Waals surface area contributed by atoms with Gasteiger partial charge < -0.3 is 11.1 Å². The summed E-state index contributed by atoms with van der Waals surface area (Å²) in [6, 6.07) is 3.68. The third kappa shape index (κ3) is 2.61. The van der Waals surface area contributed by atoms with Crippen molar-refractivity contribution in [3.05, 3.63) is 23.5 Å². The van der Waals surface area contributed by atoms with Crippen molar-refractivity contribution >= 4 is 23.1 Å².